The Morgan fingerprint density at radius 3 is 2.10 bits per heavy atom. The van der Waals surface area contributed by atoms with Crippen LogP contribution >= 0.6 is 0 Å². The van der Waals surface area contributed by atoms with E-state index in [0.29, 0.717) is 0 Å². The van der Waals surface area contributed by atoms with Crippen LogP contribution in [0.15, 0.2) is 180 Å². The first kappa shape index (κ1) is 38.6. The van der Waals surface area contributed by atoms with Crippen molar-refractivity contribution >= 4 is 60.6 Å². The fraction of sp³-hybridized carbons (Fsp3) is 0.167. The molecule has 6 heteroatoms. The van der Waals surface area contributed by atoms with Gasteiger partial charge in [0, 0.05) is 44.0 Å². The monoisotopic (exact) mass is 788 g/mol. The summed E-state index contributed by atoms with van der Waals surface area (Å²) >= 11 is 0. The van der Waals surface area contributed by atoms with Gasteiger partial charge in [-0.3, -0.25) is 0 Å². The molecule has 4 heterocycles. The number of para-hydroxylation sites is 4. The quantitative estimate of drug-likeness (QED) is 0.193. The number of nitrogens with one attached hydrogen (secondary N) is 1. The van der Waals surface area contributed by atoms with Crippen LogP contribution in [0.3, 0.4) is 0 Å². The maximum absolute atomic E-state index is 14.2. The third kappa shape index (κ3) is 6.53. The number of anilines is 1. The minimum absolute atomic E-state index is 0.253. The Hall–Kier alpha value is -6.92. The molecule has 1 aliphatic carbocycles. The number of fused-ring (bicyclic) bond motifs is 9. The smallest absolute Gasteiger partial charge is 0.201 e. The minimum Gasteiger partial charge on any atom is -0.457 e. The molecular formula is C54H49FN4O. The van der Waals surface area contributed by atoms with Crippen LogP contribution < -0.4 is 10.1 Å². The van der Waals surface area contributed by atoms with Crippen LogP contribution in [0.5, 0.6) is 5.75 Å². The second-order valence-electron chi connectivity index (χ2n) is 14.8. The Morgan fingerprint density at radius 1 is 0.650 bits per heavy atom. The molecule has 0 spiro atoms. The maximum Gasteiger partial charge on any atom is 0.201 e. The molecule has 1 atom stereocenters. The van der Waals surface area contributed by atoms with Crippen LogP contribution in [-0.2, 0) is 0 Å². The molecular weight excluding hydrogens is 740 g/mol. The number of hydrogen-bond donors (Lipinski definition) is 1. The SMILES string of the molecule is C=C1CC/C=C(/C2=CC=C(C3=NC(n4c5ccccc5c5ccc6c(c7ccccc7n6-c6ccc(F)cc6)c54)Nc4ccccc43)CC2)Oc2ccccc21.CC.CC. The molecule has 5 nitrogen and oxygen atoms in total. The van der Waals surface area contributed by atoms with Gasteiger partial charge in [-0.05, 0) is 103 Å². The van der Waals surface area contributed by atoms with Gasteiger partial charge in [-0.25, -0.2) is 9.38 Å². The largest absolute Gasteiger partial charge is 0.457 e. The van der Waals surface area contributed by atoms with Crippen LogP contribution in [0.4, 0.5) is 10.1 Å². The van der Waals surface area contributed by atoms with E-state index in [1.54, 1.807) is 0 Å². The van der Waals surface area contributed by atoms with Gasteiger partial charge in [0.15, 0.2) is 0 Å². The van der Waals surface area contributed by atoms with E-state index in [9.17, 15) is 4.39 Å². The van der Waals surface area contributed by atoms with E-state index >= 15 is 0 Å². The number of halogens is 1. The molecule has 6 aromatic carbocycles. The number of benzene rings is 6. The average Bonchev–Trinajstić information content (AvgIpc) is 3.82. The lowest BCUT2D eigenvalue weighted by Gasteiger charge is -2.30. The molecule has 1 N–H and O–H groups in total. The summed E-state index contributed by atoms with van der Waals surface area (Å²) in [5.74, 6) is 1.54. The van der Waals surface area contributed by atoms with Gasteiger partial charge in [-0.1, -0.05) is 125 Å². The minimum atomic E-state index is -0.423. The number of rotatable bonds is 4. The van der Waals surface area contributed by atoms with Crippen LogP contribution in [0.2, 0.25) is 0 Å². The number of aliphatic imine (C=N–C) groups is 1. The summed E-state index contributed by atoms with van der Waals surface area (Å²) in [6.45, 7) is 12.3. The zero-order chi connectivity index (χ0) is 41.3. The van der Waals surface area contributed by atoms with Gasteiger partial charge in [0.25, 0.3) is 0 Å². The predicted molar refractivity (Wildman–Crippen MR) is 251 cm³/mol. The van der Waals surface area contributed by atoms with Crippen molar-refractivity contribution in [3.05, 3.63) is 192 Å². The number of hydrogen-bond acceptors (Lipinski definition) is 3. The lowest BCUT2D eigenvalue weighted by molar-refractivity contribution is 0.425. The van der Waals surface area contributed by atoms with Gasteiger partial charge in [-0.15, -0.1) is 0 Å². The Kier molecular flexibility index (Phi) is 10.5. The Labute approximate surface area is 351 Å². The molecule has 0 bridgehead atoms. The highest BCUT2D eigenvalue weighted by Crippen LogP contribution is 2.44. The third-order valence-corrected chi connectivity index (χ3v) is 11.6. The first-order chi connectivity index (χ1) is 29.6. The summed E-state index contributed by atoms with van der Waals surface area (Å²) in [5.41, 5.74) is 13.0. The van der Waals surface area contributed by atoms with Gasteiger partial charge in [0.05, 0.1) is 27.8 Å². The average molecular weight is 789 g/mol. The molecule has 3 aliphatic rings. The van der Waals surface area contributed by atoms with Crippen LogP contribution in [0.25, 0.3) is 54.9 Å². The highest BCUT2D eigenvalue weighted by atomic mass is 19.1. The predicted octanol–water partition coefficient (Wildman–Crippen LogP) is 14.9. The second-order valence-corrected chi connectivity index (χ2v) is 14.8. The van der Waals surface area contributed by atoms with Crippen molar-refractivity contribution in [2.75, 3.05) is 5.32 Å². The van der Waals surface area contributed by atoms with Crippen molar-refractivity contribution in [3.63, 3.8) is 0 Å². The zero-order valence-electron chi connectivity index (χ0n) is 34.7. The number of ether oxygens (including phenoxy) is 1. The lowest BCUT2D eigenvalue weighted by Crippen LogP contribution is -2.25. The Bertz CT molecular complexity index is 3060. The Balaban J connectivity index is 0.00000112. The number of nitrogens with zero attached hydrogens (tertiary/aromatic N) is 3. The van der Waals surface area contributed by atoms with Crippen LogP contribution in [-0.4, -0.2) is 14.8 Å². The second kappa shape index (κ2) is 16.4. The van der Waals surface area contributed by atoms with E-state index in [4.69, 9.17) is 9.73 Å². The van der Waals surface area contributed by atoms with E-state index in [0.717, 1.165) is 109 Å². The number of allylic oxidation sites excluding steroid dienone is 6. The third-order valence-electron chi connectivity index (χ3n) is 11.6. The van der Waals surface area contributed by atoms with E-state index in [1.165, 1.54) is 28.7 Å². The lowest BCUT2D eigenvalue weighted by atomic mass is 9.89. The summed E-state index contributed by atoms with van der Waals surface area (Å²) in [7, 11) is 0. The molecule has 0 saturated carbocycles. The highest BCUT2D eigenvalue weighted by molar-refractivity contribution is 6.26. The van der Waals surface area contributed by atoms with E-state index in [-0.39, 0.29) is 5.82 Å². The molecule has 0 fully saturated rings. The van der Waals surface area contributed by atoms with Crippen molar-refractivity contribution in [2.45, 2.75) is 59.7 Å². The van der Waals surface area contributed by atoms with Crippen molar-refractivity contribution in [2.24, 2.45) is 4.99 Å². The summed E-state index contributed by atoms with van der Waals surface area (Å²) in [6, 6.07) is 45.0. The van der Waals surface area contributed by atoms with E-state index in [1.807, 2.05) is 58.0 Å². The first-order valence-corrected chi connectivity index (χ1v) is 21.3. The van der Waals surface area contributed by atoms with Gasteiger partial charge in [-0.2, -0.15) is 0 Å². The van der Waals surface area contributed by atoms with E-state index < -0.39 is 6.29 Å². The molecule has 60 heavy (non-hydrogen) atoms. The topological polar surface area (TPSA) is 43.5 Å². The van der Waals surface area contributed by atoms with Gasteiger partial charge in [0.1, 0.15) is 17.3 Å². The first-order valence-electron chi connectivity index (χ1n) is 21.3. The fourth-order valence-electron chi connectivity index (χ4n) is 8.98. The zero-order valence-corrected chi connectivity index (χ0v) is 34.7. The molecule has 2 aromatic heterocycles. The molecule has 0 radical (unpaired) electrons. The molecule has 0 amide bonds. The summed E-state index contributed by atoms with van der Waals surface area (Å²) in [4.78, 5) is 5.62. The van der Waals surface area contributed by atoms with Gasteiger partial charge in [0.2, 0.25) is 6.29 Å². The Morgan fingerprint density at radius 2 is 1.32 bits per heavy atom. The fourth-order valence-corrected chi connectivity index (χ4v) is 8.98. The molecule has 298 valence electrons. The molecule has 8 aromatic rings. The maximum atomic E-state index is 14.2. The van der Waals surface area contributed by atoms with Crippen molar-refractivity contribution < 1.29 is 9.13 Å². The summed E-state index contributed by atoms with van der Waals surface area (Å²) in [6.07, 6.45) is 9.73. The normalized spacial score (nSPS) is 16.9. The summed E-state index contributed by atoms with van der Waals surface area (Å²) in [5, 5.41) is 8.44. The summed E-state index contributed by atoms with van der Waals surface area (Å²) < 4.78 is 25.4. The molecule has 2 aliphatic heterocycles. The molecule has 0 saturated heterocycles. The number of aromatic nitrogens is 2. The van der Waals surface area contributed by atoms with Gasteiger partial charge >= 0.3 is 0 Å². The van der Waals surface area contributed by atoms with E-state index in [2.05, 4.69) is 130 Å². The van der Waals surface area contributed by atoms with Crippen molar-refractivity contribution in [3.8, 4) is 11.4 Å². The van der Waals surface area contributed by atoms with Crippen molar-refractivity contribution in [1.82, 2.24) is 9.13 Å². The van der Waals surface area contributed by atoms with Crippen LogP contribution in [0, 0.1) is 5.82 Å². The molecule has 11 rings (SSSR count). The van der Waals surface area contributed by atoms with Crippen molar-refractivity contribution in [1.29, 1.82) is 0 Å². The highest BCUT2D eigenvalue weighted by Gasteiger charge is 2.29. The van der Waals surface area contributed by atoms with Crippen LogP contribution in [0.1, 0.15) is 70.8 Å². The standard InChI is InChI=1S/C50H37FN4O.2C2H6/c1-31-11-10-20-45(56-46-19-9-5-12-36(31)46)32-21-23-33(24-22-32)48-39-14-2-6-16-41(39)52-50(53-48)55-42-17-7-3-13-37(42)38-29-30-44-47(49(38)55)40-15-4-8-18-43(40)54(44)35-27-25-34(51)26-28-35;2*1-2/h2-9,12-21,23,25-30,50,52H,1,10-11,22,24H2;2*1-2H3/b45-20-;;. The molecule has 1 unspecified atom stereocenters. The van der Waals surface area contributed by atoms with Gasteiger partial charge < -0.3 is 19.2 Å².